The minimum atomic E-state index is 0.361. The molecule has 0 bridgehead atoms. The second-order valence-electron chi connectivity index (χ2n) is 7.21. The van der Waals surface area contributed by atoms with Crippen LogP contribution in [-0.2, 0) is 0 Å². The van der Waals surface area contributed by atoms with E-state index in [0.29, 0.717) is 11.5 Å². The summed E-state index contributed by atoms with van der Waals surface area (Å²) in [6.45, 7) is 14.0. The van der Waals surface area contributed by atoms with Gasteiger partial charge in [-0.2, -0.15) is 0 Å². The first kappa shape index (κ1) is 15.0. The Morgan fingerprint density at radius 1 is 1.29 bits per heavy atom. The Morgan fingerprint density at radius 3 is 2.53 bits per heavy atom. The standard InChI is InChI=1S/C15H32N2/c1-12-7-6-9-17(13(12)2)10-8-14(16)11-15(3,4)5/h12-14H,6-11,16H2,1-5H3. The molecule has 0 aromatic carbocycles. The molecule has 0 saturated carbocycles. The second-order valence-corrected chi connectivity index (χ2v) is 7.21. The Balaban J connectivity index is 2.30. The lowest BCUT2D eigenvalue weighted by molar-refractivity contribution is 0.108. The molecule has 0 aromatic rings. The molecule has 17 heavy (non-hydrogen) atoms. The molecule has 0 amide bonds. The predicted octanol–water partition coefficient (Wildman–Crippen LogP) is 3.26. The van der Waals surface area contributed by atoms with Crippen LogP contribution in [0, 0.1) is 11.3 Å². The fourth-order valence-corrected chi connectivity index (χ4v) is 2.96. The number of nitrogens with zero attached hydrogens (tertiary/aromatic N) is 1. The summed E-state index contributed by atoms with van der Waals surface area (Å²) < 4.78 is 0. The second kappa shape index (κ2) is 6.19. The van der Waals surface area contributed by atoms with Crippen molar-refractivity contribution in [1.29, 1.82) is 0 Å². The SMILES string of the molecule is CC1CCCN(CCC(N)CC(C)(C)C)C1C. The van der Waals surface area contributed by atoms with Gasteiger partial charge in [0, 0.05) is 12.1 Å². The van der Waals surface area contributed by atoms with E-state index in [9.17, 15) is 0 Å². The molecule has 0 aliphatic carbocycles. The van der Waals surface area contributed by atoms with Gasteiger partial charge in [0.2, 0.25) is 0 Å². The van der Waals surface area contributed by atoms with Crippen LogP contribution in [0.5, 0.6) is 0 Å². The number of hydrogen-bond acceptors (Lipinski definition) is 2. The first-order chi connectivity index (χ1) is 7.79. The highest BCUT2D eigenvalue weighted by Gasteiger charge is 2.25. The third kappa shape index (κ3) is 5.39. The van der Waals surface area contributed by atoms with Gasteiger partial charge in [0.05, 0.1) is 0 Å². The lowest BCUT2D eigenvalue weighted by Gasteiger charge is -2.38. The van der Waals surface area contributed by atoms with Crippen molar-refractivity contribution in [1.82, 2.24) is 4.90 Å². The first-order valence-electron chi connectivity index (χ1n) is 7.29. The molecule has 1 aliphatic heterocycles. The number of nitrogens with two attached hydrogens (primary N) is 1. The van der Waals surface area contributed by atoms with Crippen molar-refractivity contribution in [2.24, 2.45) is 17.1 Å². The third-order valence-electron chi connectivity index (χ3n) is 4.17. The Hall–Kier alpha value is -0.0800. The van der Waals surface area contributed by atoms with Crippen molar-refractivity contribution in [3.05, 3.63) is 0 Å². The number of hydrogen-bond donors (Lipinski definition) is 1. The van der Waals surface area contributed by atoms with E-state index in [1.165, 1.54) is 25.9 Å². The summed E-state index contributed by atoms with van der Waals surface area (Å²) in [6, 6.07) is 1.10. The Labute approximate surface area is 108 Å². The molecule has 0 radical (unpaired) electrons. The molecule has 2 N–H and O–H groups in total. The van der Waals surface area contributed by atoms with Crippen molar-refractivity contribution in [2.75, 3.05) is 13.1 Å². The van der Waals surface area contributed by atoms with Gasteiger partial charge in [-0.05, 0) is 57.0 Å². The first-order valence-corrected chi connectivity index (χ1v) is 7.29. The van der Waals surface area contributed by atoms with E-state index in [4.69, 9.17) is 5.73 Å². The lowest BCUT2D eigenvalue weighted by atomic mass is 9.87. The zero-order chi connectivity index (χ0) is 13.1. The maximum absolute atomic E-state index is 6.23. The number of piperidine rings is 1. The maximum Gasteiger partial charge on any atom is 0.00925 e. The van der Waals surface area contributed by atoms with Crippen molar-refractivity contribution in [2.45, 2.75) is 72.4 Å². The topological polar surface area (TPSA) is 29.3 Å². The van der Waals surface area contributed by atoms with E-state index in [2.05, 4.69) is 39.5 Å². The van der Waals surface area contributed by atoms with E-state index < -0.39 is 0 Å². The van der Waals surface area contributed by atoms with Gasteiger partial charge in [-0.3, -0.25) is 0 Å². The molecule has 1 saturated heterocycles. The highest BCUT2D eigenvalue weighted by Crippen LogP contribution is 2.24. The smallest absolute Gasteiger partial charge is 0.00925 e. The molecule has 3 atom stereocenters. The van der Waals surface area contributed by atoms with E-state index >= 15 is 0 Å². The Kier molecular flexibility index (Phi) is 5.46. The van der Waals surface area contributed by atoms with Crippen LogP contribution < -0.4 is 5.73 Å². The van der Waals surface area contributed by atoms with Crippen molar-refractivity contribution in [3.63, 3.8) is 0 Å². The molecule has 2 heteroatoms. The van der Waals surface area contributed by atoms with E-state index in [-0.39, 0.29) is 0 Å². The van der Waals surface area contributed by atoms with Gasteiger partial charge in [-0.25, -0.2) is 0 Å². The van der Waals surface area contributed by atoms with Crippen LogP contribution in [0.15, 0.2) is 0 Å². The summed E-state index contributed by atoms with van der Waals surface area (Å²) in [6.07, 6.45) is 5.03. The normalized spacial score (nSPS) is 29.3. The van der Waals surface area contributed by atoms with Gasteiger partial charge in [0.25, 0.3) is 0 Å². The quantitative estimate of drug-likeness (QED) is 0.817. The van der Waals surface area contributed by atoms with Gasteiger partial charge in [-0.15, -0.1) is 0 Å². The molecule has 2 nitrogen and oxygen atoms in total. The minimum Gasteiger partial charge on any atom is -0.328 e. The van der Waals surface area contributed by atoms with Crippen LogP contribution in [-0.4, -0.2) is 30.1 Å². The molecule has 102 valence electrons. The average Bonchev–Trinajstić information content (AvgIpc) is 2.18. The van der Waals surface area contributed by atoms with Gasteiger partial charge >= 0.3 is 0 Å². The summed E-state index contributed by atoms with van der Waals surface area (Å²) in [4.78, 5) is 2.64. The van der Waals surface area contributed by atoms with Gasteiger partial charge in [-0.1, -0.05) is 27.7 Å². The zero-order valence-corrected chi connectivity index (χ0v) is 12.5. The van der Waals surface area contributed by atoms with E-state index in [0.717, 1.165) is 24.8 Å². The average molecular weight is 240 g/mol. The van der Waals surface area contributed by atoms with Crippen molar-refractivity contribution >= 4 is 0 Å². The van der Waals surface area contributed by atoms with Crippen molar-refractivity contribution in [3.8, 4) is 0 Å². The fourth-order valence-electron chi connectivity index (χ4n) is 2.96. The molecular weight excluding hydrogens is 208 g/mol. The molecular formula is C15H32N2. The van der Waals surface area contributed by atoms with Crippen LogP contribution in [0.25, 0.3) is 0 Å². The third-order valence-corrected chi connectivity index (χ3v) is 4.17. The van der Waals surface area contributed by atoms with Gasteiger partial charge in [0.15, 0.2) is 0 Å². The van der Waals surface area contributed by atoms with E-state index in [1.54, 1.807) is 0 Å². The highest BCUT2D eigenvalue weighted by molar-refractivity contribution is 4.80. The molecule has 0 aromatic heterocycles. The van der Waals surface area contributed by atoms with Gasteiger partial charge in [0.1, 0.15) is 0 Å². The fraction of sp³-hybridized carbons (Fsp3) is 1.00. The van der Waals surface area contributed by atoms with Crippen LogP contribution in [0.2, 0.25) is 0 Å². The van der Waals surface area contributed by atoms with Crippen LogP contribution >= 0.6 is 0 Å². The van der Waals surface area contributed by atoms with Crippen LogP contribution in [0.1, 0.15) is 60.3 Å². The molecule has 1 heterocycles. The number of likely N-dealkylation sites (tertiary alicyclic amines) is 1. The lowest BCUT2D eigenvalue weighted by Crippen LogP contribution is -2.44. The minimum absolute atomic E-state index is 0.361. The summed E-state index contributed by atoms with van der Waals surface area (Å²) in [5.41, 5.74) is 6.59. The van der Waals surface area contributed by atoms with Gasteiger partial charge < -0.3 is 10.6 Å². The summed E-state index contributed by atoms with van der Waals surface area (Å²) in [7, 11) is 0. The predicted molar refractivity (Wildman–Crippen MR) is 76.1 cm³/mol. The van der Waals surface area contributed by atoms with Crippen LogP contribution in [0.3, 0.4) is 0 Å². The largest absolute Gasteiger partial charge is 0.328 e. The number of rotatable bonds is 4. The van der Waals surface area contributed by atoms with E-state index in [1.807, 2.05) is 0 Å². The maximum atomic E-state index is 6.23. The monoisotopic (exact) mass is 240 g/mol. The van der Waals surface area contributed by atoms with Crippen LogP contribution in [0.4, 0.5) is 0 Å². The zero-order valence-electron chi connectivity index (χ0n) is 12.5. The molecule has 1 rings (SSSR count). The summed E-state index contributed by atoms with van der Waals surface area (Å²) in [5, 5.41) is 0. The Bertz CT molecular complexity index is 219. The Morgan fingerprint density at radius 2 is 1.94 bits per heavy atom. The highest BCUT2D eigenvalue weighted by atomic mass is 15.2. The molecule has 0 spiro atoms. The van der Waals surface area contributed by atoms with Crippen molar-refractivity contribution < 1.29 is 0 Å². The molecule has 1 aliphatic rings. The molecule has 1 fully saturated rings. The summed E-state index contributed by atoms with van der Waals surface area (Å²) >= 11 is 0. The molecule has 3 unspecified atom stereocenters. The summed E-state index contributed by atoms with van der Waals surface area (Å²) in [5.74, 6) is 0.850.